The van der Waals surface area contributed by atoms with Gasteiger partial charge in [0.2, 0.25) is 0 Å². The van der Waals surface area contributed by atoms with E-state index in [0.29, 0.717) is 0 Å². The van der Waals surface area contributed by atoms with E-state index < -0.39 is 0 Å². The number of nitrogens with zero attached hydrogens (tertiary/aromatic N) is 1. The molecular formula is C16H25N3O. The molecule has 1 amide bonds. The Balaban J connectivity index is 1.91. The minimum atomic E-state index is 0.0162. The van der Waals surface area contributed by atoms with Crippen LogP contribution in [-0.2, 0) is 0 Å². The smallest absolute Gasteiger partial charge is 0.251 e. The molecule has 1 saturated heterocycles. The Hall–Kier alpha value is -1.55. The maximum atomic E-state index is 12.2. The number of amides is 1. The number of nitrogens with one attached hydrogen (secondary N) is 2. The minimum Gasteiger partial charge on any atom is -0.388 e. The van der Waals surface area contributed by atoms with Crippen LogP contribution in [0.1, 0.15) is 35.7 Å². The Morgan fingerprint density at radius 2 is 2.05 bits per heavy atom. The van der Waals surface area contributed by atoms with Gasteiger partial charge in [-0.2, -0.15) is 0 Å². The Morgan fingerprint density at radius 3 is 2.65 bits per heavy atom. The highest BCUT2D eigenvalue weighted by Gasteiger charge is 2.16. The highest BCUT2D eigenvalue weighted by molar-refractivity contribution is 5.95. The molecule has 4 heteroatoms. The molecule has 1 aromatic carbocycles. The van der Waals surface area contributed by atoms with Crippen LogP contribution in [0, 0.1) is 6.92 Å². The van der Waals surface area contributed by atoms with Gasteiger partial charge in [0.05, 0.1) is 0 Å². The summed E-state index contributed by atoms with van der Waals surface area (Å²) in [5.41, 5.74) is 2.88. The van der Waals surface area contributed by atoms with Crippen molar-refractivity contribution in [1.82, 2.24) is 10.2 Å². The van der Waals surface area contributed by atoms with Crippen molar-refractivity contribution in [3.63, 3.8) is 0 Å². The first-order chi connectivity index (χ1) is 9.60. The first kappa shape index (κ1) is 14.9. The zero-order valence-electron chi connectivity index (χ0n) is 12.7. The van der Waals surface area contributed by atoms with Crippen LogP contribution in [0.25, 0.3) is 0 Å². The molecule has 0 saturated carbocycles. The molecule has 0 spiro atoms. The first-order valence-electron chi connectivity index (χ1n) is 7.42. The second-order valence-electron chi connectivity index (χ2n) is 5.66. The van der Waals surface area contributed by atoms with E-state index in [-0.39, 0.29) is 11.9 Å². The van der Waals surface area contributed by atoms with E-state index in [2.05, 4.69) is 22.5 Å². The average Bonchev–Trinajstić information content (AvgIpc) is 2.91. The van der Waals surface area contributed by atoms with Gasteiger partial charge < -0.3 is 15.5 Å². The lowest BCUT2D eigenvalue weighted by atomic mass is 10.1. The largest absolute Gasteiger partial charge is 0.388 e. The monoisotopic (exact) mass is 275 g/mol. The van der Waals surface area contributed by atoms with Gasteiger partial charge in [0.25, 0.3) is 5.91 Å². The van der Waals surface area contributed by atoms with Gasteiger partial charge in [0, 0.05) is 30.9 Å². The van der Waals surface area contributed by atoms with Gasteiger partial charge in [-0.25, -0.2) is 0 Å². The zero-order chi connectivity index (χ0) is 14.5. The number of aryl methyl sites for hydroxylation is 1. The highest BCUT2D eigenvalue weighted by atomic mass is 16.1. The summed E-state index contributed by atoms with van der Waals surface area (Å²) in [5, 5.41) is 6.20. The number of anilines is 1. The van der Waals surface area contributed by atoms with Crippen LogP contribution >= 0.6 is 0 Å². The predicted octanol–water partition coefficient (Wildman–Crippen LogP) is 2.25. The van der Waals surface area contributed by atoms with Crippen molar-refractivity contribution in [3.8, 4) is 0 Å². The van der Waals surface area contributed by atoms with Crippen molar-refractivity contribution in [2.75, 3.05) is 32.0 Å². The van der Waals surface area contributed by atoms with Gasteiger partial charge >= 0.3 is 0 Å². The van der Waals surface area contributed by atoms with Crippen molar-refractivity contribution in [1.29, 1.82) is 0 Å². The van der Waals surface area contributed by atoms with Gasteiger partial charge in [-0.1, -0.05) is 0 Å². The summed E-state index contributed by atoms with van der Waals surface area (Å²) < 4.78 is 0. The fourth-order valence-electron chi connectivity index (χ4n) is 2.79. The number of hydrogen-bond acceptors (Lipinski definition) is 3. The van der Waals surface area contributed by atoms with Crippen LogP contribution in [0.5, 0.6) is 0 Å². The Bertz CT molecular complexity index is 467. The van der Waals surface area contributed by atoms with Crippen molar-refractivity contribution in [2.45, 2.75) is 32.7 Å². The van der Waals surface area contributed by atoms with Gasteiger partial charge in [0.15, 0.2) is 0 Å². The summed E-state index contributed by atoms with van der Waals surface area (Å²) >= 11 is 0. The SMILES string of the molecule is CNc1ccc(C(=O)NC(C)CN2CCCC2)cc1C. The lowest BCUT2D eigenvalue weighted by Crippen LogP contribution is -2.41. The summed E-state index contributed by atoms with van der Waals surface area (Å²) in [4.78, 5) is 14.6. The van der Waals surface area contributed by atoms with Gasteiger partial charge in [-0.15, -0.1) is 0 Å². The van der Waals surface area contributed by atoms with Crippen molar-refractivity contribution in [2.24, 2.45) is 0 Å². The molecule has 1 aliphatic rings. The fraction of sp³-hybridized carbons (Fsp3) is 0.562. The summed E-state index contributed by atoms with van der Waals surface area (Å²) in [7, 11) is 1.89. The molecule has 4 nitrogen and oxygen atoms in total. The average molecular weight is 275 g/mol. The molecular weight excluding hydrogens is 250 g/mol. The number of benzene rings is 1. The van der Waals surface area contributed by atoms with Crippen molar-refractivity contribution >= 4 is 11.6 Å². The number of likely N-dealkylation sites (tertiary alicyclic amines) is 1. The van der Waals surface area contributed by atoms with E-state index >= 15 is 0 Å². The lowest BCUT2D eigenvalue weighted by Gasteiger charge is -2.21. The highest BCUT2D eigenvalue weighted by Crippen LogP contribution is 2.16. The van der Waals surface area contributed by atoms with Gasteiger partial charge in [-0.3, -0.25) is 4.79 Å². The second kappa shape index (κ2) is 6.75. The maximum absolute atomic E-state index is 12.2. The van der Waals surface area contributed by atoms with Gasteiger partial charge in [0.1, 0.15) is 0 Å². The van der Waals surface area contributed by atoms with E-state index in [1.807, 2.05) is 32.2 Å². The standard InChI is InChI=1S/C16H25N3O/c1-12-10-14(6-7-15(12)17-3)16(20)18-13(2)11-19-8-4-5-9-19/h6-7,10,13,17H,4-5,8-9,11H2,1-3H3,(H,18,20). The van der Waals surface area contributed by atoms with E-state index in [0.717, 1.165) is 36.4 Å². The normalized spacial score (nSPS) is 16.9. The number of carbonyl (C=O) groups is 1. The third-order valence-electron chi connectivity index (χ3n) is 3.87. The molecule has 0 aliphatic carbocycles. The van der Waals surface area contributed by atoms with Crippen LogP contribution in [0.3, 0.4) is 0 Å². The molecule has 2 rings (SSSR count). The van der Waals surface area contributed by atoms with Gasteiger partial charge in [-0.05, 0) is 63.5 Å². The minimum absolute atomic E-state index is 0.0162. The Labute approximate surface area is 121 Å². The molecule has 1 unspecified atom stereocenters. The maximum Gasteiger partial charge on any atom is 0.251 e. The van der Waals surface area contributed by atoms with E-state index in [9.17, 15) is 4.79 Å². The summed E-state index contributed by atoms with van der Waals surface area (Å²) in [6, 6.07) is 5.94. The molecule has 0 radical (unpaired) electrons. The van der Waals surface area contributed by atoms with E-state index in [1.165, 1.54) is 12.8 Å². The Kier molecular flexibility index (Phi) is 5.01. The van der Waals surface area contributed by atoms with Crippen LogP contribution in [0.4, 0.5) is 5.69 Å². The number of rotatable bonds is 5. The number of hydrogen-bond donors (Lipinski definition) is 2. The third-order valence-corrected chi connectivity index (χ3v) is 3.87. The van der Waals surface area contributed by atoms with Crippen LogP contribution < -0.4 is 10.6 Å². The third kappa shape index (κ3) is 3.73. The predicted molar refractivity (Wildman–Crippen MR) is 83.3 cm³/mol. The molecule has 1 heterocycles. The molecule has 1 fully saturated rings. The van der Waals surface area contributed by atoms with Crippen LogP contribution in [0.15, 0.2) is 18.2 Å². The molecule has 2 N–H and O–H groups in total. The quantitative estimate of drug-likeness (QED) is 0.866. The first-order valence-corrected chi connectivity index (χ1v) is 7.42. The van der Waals surface area contributed by atoms with E-state index in [1.54, 1.807) is 0 Å². The Morgan fingerprint density at radius 1 is 1.35 bits per heavy atom. The van der Waals surface area contributed by atoms with Crippen molar-refractivity contribution in [3.05, 3.63) is 29.3 Å². The number of carbonyl (C=O) groups excluding carboxylic acids is 1. The van der Waals surface area contributed by atoms with E-state index in [4.69, 9.17) is 0 Å². The summed E-state index contributed by atoms with van der Waals surface area (Å²) in [6.07, 6.45) is 2.57. The molecule has 0 aromatic heterocycles. The van der Waals surface area contributed by atoms with Crippen LogP contribution in [-0.4, -0.2) is 43.5 Å². The zero-order valence-corrected chi connectivity index (χ0v) is 12.7. The fourth-order valence-corrected chi connectivity index (χ4v) is 2.79. The molecule has 0 bridgehead atoms. The molecule has 1 aliphatic heterocycles. The van der Waals surface area contributed by atoms with Crippen molar-refractivity contribution < 1.29 is 4.79 Å². The molecule has 110 valence electrons. The van der Waals surface area contributed by atoms with Crippen LogP contribution in [0.2, 0.25) is 0 Å². The summed E-state index contributed by atoms with van der Waals surface area (Å²) in [6.45, 7) is 7.35. The molecule has 20 heavy (non-hydrogen) atoms. The molecule has 1 atom stereocenters. The topological polar surface area (TPSA) is 44.4 Å². The second-order valence-corrected chi connectivity index (χ2v) is 5.66. The lowest BCUT2D eigenvalue weighted by molar-refractivity contribution is 0.0932. The summed E-state index contributed by atoms with van der Waals surface area (Å²) in [5.74, 6) is 0.0162. The molecule has 1 aromatic rings.